The predicted octanol–water partition coefficient (Wildman–Crippen LogP) is 2.36. The number of fused-ring (bicyclic) bond motifs is 1. The molecule has 0 fully saturated rings. The lowest BCUT2D eigenvalue weighted by atomic mass is 9.96. The van der Waals surface area contributed by atoms with Crippen molar-refractivity contribution in [3.05, 3.63) is 17.7 Å². The molecule has 0 radical (unpaired) electrons. The Labute approximate surface area is 95.3 Å². The molecule has 0 saturated heterocycles. The number of nitrogens with zero attached hydrogens (tertiary/aromatic N) is 2. The molecule has 0 amide bonds. The number of carboxylic acid groups (broad SMARTS) is 1. The molecule has 1 atom stereocenters. The third-order valence-electron chi connectivity index (χ3n) is 3.16. The zero-order valence-corrected chi connectivity index (χ0v) is 9.81. The second-order valence-electron chi connectivity index (χ2n) is 4.81. The summed E-state index contributed by atoms with van der Waals surface area (Å²) < 4.78 is 2.13. The van der Waals surface area contributed by atoms with Crippen LogP contribution in [0.1, 0.15) is 56.5 Å². The summed E-state index contributed by atoms with van der Waals surface area (Å²) in [6, 6.07) is 0. The van der Waals surface area contributed by atoms with E-state index in [1.165, 1.54) is 0 Å². The van der Waals surface area contributed by atoms with Gasteiger partial charge in [0, 0.05) is 18.7 Å². The van der Waals surface area contributed by atoms with Crippen molar-refractivity contribution < 1.29 is 9.90 Å². The summed E-state index contributed by atoms with van der Waals surface area (Å²) in [4.78, 5) is 15.4. The van der Waals surface area contributed by atoms with Crippen LogP contribution in [0, 0.1) is 0 Å². The van der Waals surface area contributed by atoms with Gasteiger partial charge in [-0.05, 0) is 18.8 Å². The molecule has 1 unspecified atom stereocenters. The molecule has 2 heterocycles. The van der Waals surface area contributed by atoms with Crippen molar-refractivity contribution in [3.8, 4) is 0 Å². The van der Waals surface area contributed by atoms with Crippen LogP contribution in [-0.4, -0.2) is 20.6 Å². The maximum absolute atomic E-state index is 10.8. The van der Waals surface area contributed by atoms with Crippen molar-refractivity contribution in [3.63, 3.8) is 0 Å². The van der Waals surface area contributed by atoms with E-state index in [4.69, 9.17) is 5.11 Å². The molecule has 16 heavy (non-hydrogen) atoms. The highest BCUT2D eigenvalue weighted by Crippen LogP contribution is 2.30. The van der Waals surface area contributed by atoms with Gasteiger partial charge in [0.25, 0.3) is 0 Å². The maximum atomic E-state index is 10.8. The highest BCUT2D eigenvalue weighted by molar-refractivity contribution is 5.67. The fourth-order valence-corrected chi connectivity index (χ4v) is 2.28. The van der Waals surface area contributed by atoms with E-state index in [0.717, 1.165) is 30.9 Å². The lowest BCUT2D eigenvalue weighted by Gasteiger charge is -2.21. The van der Waals surface area contributed by atoms with Gasteiger partial charge in [0.2, 0.25) is 0 Å². The maximum Gasteiger partial charge on any atom is 0.304 e. The van der Waals surface area contributed by atoms with Gasteiger partial charge in [0.05, 0.1) is 12.1 Å². The summed E-state index contributed by atoms with van der Waals surface area (Å²) in [5.41, 5.74) is 1.08. The summed E-state index contributed by atoms with van der Waals surface area (Å²) >= 11 is 0. The quantitative estimate of drug-likeness (QED) is 0.854. The minimum atomic E-state index is -0.729. The van der Waals surface area contributed by atoms with E-state index in [0.29, 0.717) is 5.92 Å². The first kappa shape index (κ1) is 11.2. The molecular formula is C12H18N2O2. The van der Waals surface area contributed by atoms with Gasteiger partial charge in [-0.3, -0.25) is 4.79 Å². The first-order valence-corrected chi connectivity index (χ1v) is 5.86. The van der Waals surface area contributed by atoms with Gasteiger partial charge in [-0.2, -0.15) is 0 Å². The molecule has 0 bridgehead atoms. The van der Waals surface area contributed by atoms with E-state index in [1.807, 2.05) is 0 Å². The average molecular weight is 222 g/mol. The number of hydrogen-bond donors (Lipinski definition) is 1. The highest BCUT2D eigenvalue weighted by atomic mass is 16.4. The molecule has 0 aromatic carbocycles. The second-order valence-corrected chi connectivity index (χ2v) is 4.81. The van der Waals surface area contributed by atoms with Crippen molar-refractivity contribution in [2.24, 2.45) is 0 Å². The number of rotatable bonds is 3. The molecule has 4 heteroatoms. The predicted molar refractivity (Wildman–Crippen MR) is 60.5 cm³/mol. The Hall–Kier alpha value is -1.32. The lowest BCUT2D eigenvalue weighted by Crippen LogP contribution is -2.18. The molecular weight excluding hydrogens is 204 g/mol. The van der Waals surface area contributed by atoms with Gasteiger partial charge in [-0.25, -0.2) is 4.98 Å². The minimum Gasteiger partial charge on any atom is -0.481 e. The van der Waals surface area contributed by atoms with Crippen LogP contribution in [0.3, 0.4) is 0 Å². The number of imidazole rings is 1. The number of aryl methyl sites for hydroxylation is 1. The van der Waals surface area contributed by atoms with Gasteiger partial charge in [-0.15, -0.1) is 0 Å². The highest BCUT2D eigenvalue weighted by Gasteiger charge is 2.25. The molecule has 4 nitrogen and oxygen atoms in total. The summed E-state index contributed by atoms with van der Waals surface area (Å²) in [5, 5.41) is 8.87. The zero-order chi connectivity index (χ0) is 11.7. The SMILES string of the molecule is CC(C)c1cn2c(n1)C(CC(=O)O)CCC2. The molecule has 0 saturated carbocycles. The Bertz CT molecular complexity index is 396. The first-order valence-electron chi connectivity index (χ1n) is 5.86. The van der Waals surface area contributed by atoms with Gasteiger partial charge >= 0.3 is 5.97 Å². The number of carbonyl (C=O) groups is 1. The average Bonchev–Trinajstić information content (AvgIpc) is 2.61. The molecule has 0 aliphatic carbocycles. The van der Waals surface area contributed by atoms with E-state index in [-0.39, 0.29) is 12.3 Å². The summed E-state index contributed by atoms with van der Waals surface area (Å²) in [7, 11) is 0. The summed E-state index contributed by atoms with van der Waals surface area (Å²) in [5.74, 6) is 0.743. The summed E-state index contributed by atoms with van der Waals surface area (Å²) in [6.45, 7) is 5.20. The topological polar surface area (TPSA) is 55.1 Å². The van der Waals surface area contributed by atoms with Gasteiger partial charge in [-0.1, -0.05) is 13.8 Å². The second kappa shape index (κ2) is 4.28. The molecule has 0 spiro atoms. The third kappa shape index (κ3) is 2.10. The molecule has 1 aliphatic rings. The molecule has 88 valence electrons. The van der Waals surface area contributed by atoms with Gasteiger partial charge in [0.1, 0.15) is 5.82 Å². The monoisotopic (exact) mass is 222 g/mol. The third-order valence-corrected chi connectivity index (χ3v) is 3.16. The van der Waals surface area contributed by atoms with Crippen molar-refractivity contribution in [2.45, 2.75) is 51.5 Å². The number of aromatic nitrogens is 2. The van der Waals surface area contributed by atoms with Crippen LogP contribution in [0.4, 0.5) is 0 Å². The van der Waals surface area contributed by atoms with Crippen molar-refractivity contribution in [1.82, 2.24) is 9.55 Å². The van der Waals surface area contributed by atoms with Crippen LogP contribution < -0.4 is 0 Å². The van der Waals surface area contributed by atoms with Crippen molar-refractivity contribution in [1.29, 1.82) is 0 Å². The lowest BCUT2D eigenvalue weighted by molar-refractivity contribution is -0.137. The normalized spacial score (nSPS) is 19.8. The Kier molecular flexibility index (Phi) is 2.99. The van der Waals surface area contributed by atoms with E-state index >= 15 is 0 Å². The Morgan fingerprint density at radius 1 is 1.69 bits per heavy atom. The standard InChI is InChI=1S/C12H18N2O2/c1-8(2)10-7-14-5-3-4-9(6-11(15)16)12(14)13-10/h7-9H,3-6H2,1-2H3,(H,15,16). The van der Waals surface area contributed by atoms with Crippen LogP contribution in [0.15, 0.2) is 6.20 Å². The molecule has 2 rings (SSSR count). The summed E-state index contributed by atoms with van der Waals surface area (Å²) in [6.07, 6.45) is 4.28. The Balaban J connectivity index is 2.27. The number of hydrogen-bond acceptors (Lipinski definition) is 2. The van der Waals surface area contributed by atoms with Crippen LogP contribution in [0.25, 0.3) is 0 Å². The molecule has 1 aliphatic heterocycles. The fourth-order valence-electron chi connectivity index (χ4n) is 2.28. The van der Waals surface area contributed by atoms with Crippen molar-refractivity contribution >= 4 is 5.97 Å². The zero-order valence-electron chi connectivity index (χ0n) is 9.81. The largest absolute Gasteiger partial charge is 0.481 e. The van der Waals surface area contributed by atoms with E-state index in [2.05, 4.69) is 29.6 Å². The van der Waals surface area contributed by atoms with E-state index < -0.39 is 5.97 Å². The Morgan fingerprint density at radius 2 is 2.44 bits per heavy atom. The fraction of sp³-hybridized carbons (Fsp3) is 0.667. The van der Waals surface area contributed by atoms with Gasteiger partial charge in [0.15, 0.2) is 0 Å². The molecule has 1 aromatic heterocycles. The minimum absolute atomic E-state index is 0.0961. The smallest absolute Gasteiger partial charge is 0.304 e. The molecule has 1 aromatic rings. The van der Waals surface area contributed by atoms with E-state index in [1.54, 1.807) is 0 Å². The number of aliphatic carboxylic acids is 1. The van der Waals surface area contributed by atoms with Crippen LogP contribution in [0.5, 0.6) is 0 Å². The molecule has 1 N–H and O–H groups in total. The van der Waals surface area contributed by atoms with Gasteiger partial charge < -0.3 is 9.67 Å². The van der Waals surface area contributed by atoms with Crippen LogP contribution in [-0.2, 0) is 11.3 Å². The van der Waals surface area contributed by atoms with Crippen LogP contribution >= 0.6 is 0 Å². The number of carboxylic acids is 1. The van der Waals surface area contributed by atoms with Crippen LogP contribution in [0.2, 0.25) is 0 Å². The first-order chi connectivity index (χ1) is 7.58. The Morgan fingerprint density at radius 3 is 3.06 bits per heavy atom. The van der Waals surface area contributed by atoms with E-state index in [9.17, 15) is 4.79 Å². The van der Waals surface area contributed by atoms with Crippen molar-refractivity contribution in [2.75, 3.05) is 0 Å².